The van der Waals surface area contributed by atoms with Crippen LogP contribution in [0.4, 0.5) is 4.79 Å². The van der Waals surface area contributed by atoms with Gasteiger partial charge in [0.15, 0.2) is 0 Å². The van der Waals surface area contributed by atoms with Crippen molar-refractivity contribution in [1.82, 2.24) is 5.43 Å². The Hall–Kier alpha value is -2.24. The number of carbonyl (C=O) groups excluding carboxylic acids is 1. The summed E-state index contributed by atoms with van der Waals surface area (Å²) in [6, 6.07) is 12.5. The van der Waals surface area contributed by atoms with Crippen molar-refractivity contribution in [3.8, 4) is 5.75 Å². The number of carbonyl (C=O) groups is 1. The molecule has 7 heteroatoms. The Labute approximate surface area is 143 Å². The summed E-state index contributed by atoms with van der Waals surface area (Å²) in [5.41, 5.74) is 3.74. The number of amides is 1. The van der Waals surface area contributed by atoms with Crippen LogP contribution in [0.1, 0.15) is 11.1 Å². The molecule has 0 radical (unpaired) electrons. The molecule has 0 fully saturated rings. The third-order valence-corrected chi connectivity index (χ3v) is 3.59. The zero-order chi connectivity index (χ0) is 16.7. The minimum atomic E-state index is -0.627. The van der Waals surface area contributed by atoms with Crippen LogP contribution in [-0.4, -0.2) is 19.4 Å². The quantitative estimate of drug-likeness (QED) is 0.645. The minimum Gasteiger partial charge on any atom is -0.489 e. The Morgan fingerprint density at radius 1 is 1.17 bits per heavy atom. The molecule has 2 aromatic rings. The lowest BCUT2D eigenvalue weighted by Crippen LogP contribution is -2.16. The number of hydrogen-bond acceptors (Lipinski definition) is 4. The number of hydrazone groups is 1. The predicted molar refractivity (Wildman–Crippen MR) is 90.4 cm³/mol. The number of benzene rings is 2. The first-order chi connectivity index (χ1) is 11.1. The fourth-order valence-corrected chi connectivity index (χ4v) is 2.19. The molecule has 0 aliphatic rings. The van der Waals surface area contributed by atoms with E-state index >= 15 is 0 Å². The van der Waals surface area contributed by atoms with Gasteiger partial charge < -0.3 is 9.47 Å². The van der Waals surface area contributed by atoms with Gasteiger partial charge in [-0.15, -0.1) is 0 Å². The highest BCUT2D eigenvalue weighted by Gasteiger charge is 2.06. The van der Waals surface area contributed by atoms with Crippen molar-refractivity contribution in [3.05, 3.63) is 63.6 Å². The van der Waals surface area contributed by atoms with Crippen molar-refractivity contribution in [1.29, 1.82) is 0 Å². The van der Waals surface area contributed by atoms with Crippen LogP contribution in [0.25, 0.3) is 0 Å². The SMILES string of the molecule is COC(=O)N/N=C/c1ccc(OCc2c(Cl)cccc2Cl)cc1. The van der Waals surface area contributed by atoms with E-state index in [-0.39, 0.29) is 6.61 Å². The number of nitrogens with zero attached hydrogens (tertiary/aromatic N) is 1. The molecule has 23 heavy (non-hydrogen) atoms. The second kappa shape index (κ2) is 8.41. The standard InChI is InChI=1S/C16H14Cl2N2O3/c1-22-16(21)20-19-9-11-5-7-12(8-6-11)23-10-13-14(17)3-2-4-15(13)18/h2-9H,10H2,1H3,(H,20,21)/b19-9+. The Kier molecular flexibility index (Phi) is 6.26. The maximum atomic E-state index is 10.8. The number of hydrogen-bond donors (Lipinski definition) is 1. The second-order valence-corrected chi connectivity index (χ2v) is 5.23. The minimum absolute atomic E-state index is 0.274. The van der Waals surface area contributed by atoms with Crippen molar-refractivity contribution in [2.75, 3.05) is 7.11 Å². The predicted octanol–water partition coefficient (Wildman–Crippen LogP) is 4.26. The molecular weight excluding hydrogens is 339 g/mol. The highest BCUT2D eigenvalue weighted by atomic mass is 35.5. The Morgan fingerprint density at radius 3 is 2.43 bits per heavy atom. The summed E-state index contributed by atoms with van der Waals surface area (Å²) in [7, 11) is 1.27. The highest BCUT2D eigenvalue weighted by molar-refractivity contribution is 6.35. The van der Waals surface area contributed by atoms with Gasteiger partial charge >= 0.3 is 6.09 Å². The maximum Gasteiger partial charge on any atom is 0.427 e. The van der Waals surface area contributed by atoms with E-state index < -0.39 is 6.09 Å². The van der Waals surface area contributed by atoms with Crippen LogP contribution in [0.5, 0.6) is 5.75 Å². The average molecular weight is 353 g/mol. The van der Waals surface area contributed by atoms with Crippen LogP contribution < -0.4 is 10.2 Å². The van der Waals surface area contributed by atoms with Crippen LogP contribution in [0.3, 0.4) is 0 Å². The molecule has 1 amide bonds. The number of halogens is 2. The number of methoxy groups -OCH3 is 1. The van der Waals surface area contributed by atoms with Gasteiger partial charge in [0.25, 0.3) is 0 Å². The van der Waals surface area contributed by atoms with Gasteiger partial charge in [0.05, 0.1) is 13.3 Å². The van der Waals surface area contributed by atoms with Gasteiger partial charge in [0.2, 0.25) is 0 Å². The summed E-state index contributed by atoms with van der Waals surface area (Å²) in [6.45, 7) is 0.274. The molecular formula is C16H14Cl2N2O3. The third-order valence-electron chi connectivity index (χ3n) is 2.88. The molecule has 120 valence electrons. The molecule has 0 aliphatic heterocycles. The van der Waals surface area contributed by atoms with E-state index in [1.54, 1.807) is 42.5 Å². The average Bonchev–Trinajstić information content (AvgIpc) is 2.55. The van der Waals surface area contributed by atoms with Crippen molar-refractivity contribution >= 4 is 35.5 Å². The van der Waals surface area contributed by atoms with E-state index in [1.165, 1.54) is 13.3 Å². The molecule has 5 nitrogen and oxygen atoms in total. The smallest absolute Gasteiger partial charge is 0.427 e. The summed E-state index contributed by atoms with van der Waals surface area (Å²) in [5, 5.41) is 4.86. The fourth-order valence-electron chi connectivity index (χ4n) is 1.68. The van der Waals surface area contributed by atoms with Gasteiger partial charge in [-0.05, 0) is 42.0 Å². The van der Waals surface area contributed by atoms with E-state index in [4.69, 9.17) is 27.9 Å². The molecule has 0 saturated heterocycles. The molecule has 0 aliphatic carbocycles. The monoisotopic (exact) mass is 352 g/mol. The zero-order valence-corrected chi connectivity index (χ0v) is 13.8. The van der Waals surface area contributed by atoms with Crippen LogP contribution in [0, 0.1) is 0 Å². The Bertz CT molecular complexity index is 683. The van der Waals surface area contributed by atoms with Gasteiger partial charge in [0.1, 0.15) is 12.4 Å². The molecule has 1 N–H and O–H groups in total. The number of rotatable bonds is 5. The largest absolute Gasteiger partial charge is 0.489 e. The van der Waals surface area contributed by atoms with Gasteiger partial charge in [-0.1, -0.05) is 29.3 Å². The van der Waals surface area contributed by atoms with E-state index in [0.717, 1.165) is 11.1 Å². The van der Waals surface area contributed by atoms with E-state index in [1.807, 2.05) is 0 Å². The van der Waals surface area contributed by atoms with E-state index in [2.05, 4.69) is 15.3 Å². The van der Waals surface area contributed by atoms with Crippen LogP contribution in [0.15, 0.2) is 47.6 Å². The molecule has 0 saturated carbocycles. The Balaban J connectivity index is 1.94. The molecule has 0 heterocycles. The fraction of sp³-hybridized carbons (Fsp3) is 0.125. The summed E-state index contributed by atoms with van der Waals surface area (Å²) < 4.78 is 10.1. The van der Waals surface area contributed by atoms with E-state index in [9.17, 15) is 4.79 Å². The molecule has 0 atom stereocenters. The van der Waals surface area contributed by atoms with E-state index in [0.29, 0.717) is 15.8 Å². The lowest BCUT2D eigenvalue weighted by Gasteiger charge is -2.09. The lowest BCUT2D eigenvalue weighted by molar-refractivity contribution is 0.171. The van der Waals surface area contributed by atoms with Crippen molar-refractivity contribution in [2.45, 2.75) is 6.61 Å². The van der Waals surface area contributed by atoms with Gasteiger partial charge in [-0.3, -0.25) is 0 Å². The van der Waals surface area contributed by atoms with Crippen molar-refractivity contribution < 1.29 is 14.3 Å². The molecule has 0 unspecified atom stereocenters. The second-order valence-electron chi connectivity index (χ2n) is 4.42. The first-order valence-electron chi connectivity index (χ1n) is 6.63. The third kappa shape index (κ3) is 5.16. The maximum absolute atomic E-state index is 10.8. The lowest BCUT2D eigenvalue weighted by atomic mass is 10.2. The van der Waals surface area contributed by atoms with Gasteiger partial charge in [-0.25, -0.2) is 10.2 Å². The van der Waals surface area contributed by atoms with Crippen molar-refractivity contribution in [2.24, 2.45) is 5.10 Å². The summed E-state index contributed by atoms with van der Waals surface area (Å²) in [4.78, 5) is 10.8. The highest BCUT2D eigenvalue weighted by Crippen LogP contribution is 2.25. The van der Waals surface area contributed by atoms with Crippen molar-refractivity contribution in [3.63, 3.8) is 0 Å². The molecule has 0 spiro atoms. The van der Waals surface area contributed by atoms with Crippen LogP contribution >= 0.6 is 23.2 Å². The molecule has 2 aromatic carbocycles. The zero-order valence-electron chi connectivity index (χ0n) is 12.3. The number of ether oxygens (including phenoxy) is 2. The topological polar surface area (TPSA) is 59.9 Å². The summed E-state index contributed by atoms with van der Waals surface area (Å²) >= 11 is 12.2. The molecule has 0 aromatic heterocycles. The first kappa shape index (κ1) is 17.1. The summed E-state index contributed by atoms with van der Waals surface area (Å²) in [5.74, 6) is 0.666. The first-order valence-corrected chi connectivity index (χ1v) is 7.38. The number of nitrogens with one attached hydrogen (secondary N) is 1. The summed E-state index contributed by atoms with van der Waals surface area (Å²) in [6.07, 6.45) is 0.865. The van der Waals surface area contributed by atoms with Crippen LogP contribution in [-0.2, 0) is 11.3 Å². The van der Waals surface area contributed by atoms with Gasteiger partial charge in [0, 0.05) is 15.6 Å². The molecule has 2 rings (SSSR count). The van der Waals surface area contributed by atoms with Crippen LogP contribution in [0.2, 0.25) is 10.0 Å². The normalized spacial score (nSPS) is 10.6. The Morgan fingerprint density at radius 2 is 1.83 bits per heavy atom. The van der Waals surface area contributed by atoms with Gasteiger partial charge in [-0.2, -0.15) is 5.10 Å². The molecule has 0 bridgehead atoms.